The van der Waals surface area contributed by atoms with Gasteiger partial charge in [0, 0.05) is 38.3 Å². The Morgan fingerprint density at radius 1 is 1.32 bits per heavy atom. The topological polar surface area (TPSA) is 102 Å². The number of benzene rings is 1. The Bertz CT molecular complexity index is 614. The van der Waals surface area contributed by atoms with Crippen LogP contribution in [0.1, 0.15) is 5.56 Å². The molecule has 1 aromatic carbocycles. The normalized spacial score (nSPS) is 16.5. The third kappa shape index (κ3) is 5.34. The van der Waals surface area contributed by atoms with E-state index in [4.69, 9.17) is 4.74 Å². The molecular formula is C13H19N3O5S. The van der Waals surface area contributed by atoms with E-state index in [0.717, 1.165) is 13.1 Å². The second kappa shape index (κ2) is 7.63. The Kier molecular flexibility index (Phi) is 5.83. The molecule has 0 aliphatic carbocycles. The van der Waals surface area contributed by atoms with E-state index < -0.39 is 14.9 Å². The van der Waals surface area contributed by atoms with Gasteiger partial charge in [-0.05, 0) is 5.56 Å². The number of non-ortho nitro benzene ring substituents is 1. The van der Waals surface area contributed by atoms with Gasteiger partial charge in [-0.1, -0.05) is 12.1 Å². The third-order valence-electron chi connectivity index (χ3n) is 3.33. The van der Waals surface area contributed by atoms with E-state index in [-0.39, 0.29) is 11.4 Å². The summed E-state index contributed by atoms with van der Waals surface area (Å²) in [6.45, 7) is 3.87. The Balaban J connectivity index is 1.85. The van der Waals surface area contributed by atoms with Gasteiger partial charge in [0.05, 0.1) is 23.9 Å². The van der Waals surface area contributed by atoms with Gasteiger partial charge in [0.1, 0.15) is 0 Å². The first-order valence-corrected chi connectivity index (χ1v) is 8.62. The van der Waals surface area contributed by atoms with E-state index in [1.165, 1.54) is 18.2 Å². The van der Waals surface area contributed by atoms with Crippen LogP contribution in [0.15, 0.2) is 24.3 Å². The molecule has 0 aromatic heterocycles. The van der Waals surface area contributed by atoms with Crippen molar-refractivity contribution in [3.05, 3.63) is 39.9 Å². The minimum absolute atomic E-state index is 0.110. The van der Waals surface area contributed by atoms with Crippen molar-refractivity contribution in [2.45, 2.75) is 5.75 Å². The summed E-state index contributed by atoms with van der Waals surface area (Å²) in [5.41, 5.74) is 0.286. The van der Waals surface area contributed by atoms with E-state index in [1.54, 1.807) is 6.07 Å². The lowest BCUT2D eigenvalue weighted by Crippen LogP contribution is -2.41. The summed E-state index contributed by atoms with van der Waals surface area (Å²) >= 11 is 0. The lowest BCUT2D eigenvalue weighted by atomic mass is 10.2. The number of sulfonamides is 1. The van der Waals surface area contributed by atoms with Crippen LogP contribution in [0, 0.1) is 10.1 Å². The van der Waals surface area contributed by atoms with Gasteiger partial charge in [-0.15, -0.1) is 0 Å². The lowest BCUT2D eigenvalue weighted by Gasteiger charge is -2.26. The molecule has 1 aliphatic rings. The number of ether oxygens (including phenoxy) is 1. The molecule has 1 heterocycles. The molecule has 2 rings (SSSR count). The highest BCUT2D eigenvalue weighted by Crippen LogP contribution is 2.14. The lowest BCUT2D eigenvalue weighted by molar-refractivity contribution is -0.384. The standard InChI is InChI=1S/C13H19N3O5S/c17-16(18)13-3-1-2-12(10-13)11-22(19,20)14-4-5-15-6-8-21-9-7-15/h1-3,10,14H,4-9,11H2. The number of hydrogen-bond donors (Lipinski definition) is 1. The summed E-state index contributed by atoms with van der Waals surface area (Å²) in [5, 5.41) is 10.7. The number of rotatable bonds is 7. The van der Waals surface area contributed by atoms with Gasteiger partial charge in [-0.2, -0.15) is 0 Å². The van der Waals surface area contributed by atoms with Crippen LogP contribution < -0.4 is 4.72 Å². The second-order valence-corrected chi connectivity index (χ2v) is 6.84. The highest BCUT2D eigenvalue weighted by molar-refractivity contribution is 7.88. The zero-order chi connectivity index (χ0) is 16.0. The van der Waals surface area contributed by atoms with Crippen molar-refractivity contribution in [3.8, 4) is 0 Å². The van der Waals surface area contributed by atoms with Gasteiger partial charge in [-0.3, -0.25) is 15.0 Å². The van der Waals surface area contributed by atoms with E-state index >= 15 is 0 Å². The molecule has 9 heteroatoms. The molecule has 0 saturated carbocycles. The van der Waals surface area contributed by atoms with Gasteiger partial charge in [0.25, 0.3) is 5.69 Å². The van der Waals surface area contributed by atoms with E-state index in [1.807, 2.05) is 0 Å². The Labute approximate surface area is 129 Å². The zero-order valence-corrected chi connectivity index (χ0v) is 12.9. The molecule has 0 atom stereocenters. The maximum atomic E-state index is 12.0. The summed E-state index contributed by atoms with van der Waals surface area (Å²) < 4.78 is 31.7. The maximum absolute atomic E-state index is 12.0. The molecule has 1 saturated heterocycles. The molecule has 1 aliphatic heterocycles. The summed E-state index contributed by atoms with van der Waals surface area (Å²) in [4.78, 5) is 12.3. The molecule has 1 aromatic rings. The van der Waals surface area contributed by atoms with Gasteiger partial charge in [0.2, 0.25) is 10.0 Å². The van der Waals surface area contributed by atoms with E-state index in [2.05, 4.69) is 9.62 Å². The number of nitro groups is 1. The van der Waals surface area contributed by atoms with E-state index in [0.29, 0.717) is 31.9 Å². The zero-order valence-electron chi connectivity index (χ0n) is 12.1. The minimum Gasteiger partial charge on any atom is -0.379 e. The smallest absolute Gasteiger partial charge is 0.269 e. The molecule has 1 fully saturated rings. The number of morpholine rings is 1. The third-order valence-corrected chi connectivity index (χ3v) is 4.69. The van der Waals surface area contributed by atoms with Crippen LogP contribution >= 0.6 is 0 Å². The Morgan fingerprint density at radius 3 is 2.73 bits per heavy atom. The van der Waals surface area contributed by atoms with Crippen molar-refractivity contribution in [1.82, 2.24) is 9.62 Å². The van der Waals surface area contributed by atoms with Crippen molar-refractivity contribution >= 4 is 15.7 Å². The predicted octanol–water partition coefficient (Wildman–Crippen LogP) is 0.346. The fraction of sp³-hybridized carbons (Fsp3) is 0.538. The molecule has 122 valence electrons. The highest BCUT2D eigenvalue weighted by Gasteiger charge is 2.15. The molecule has 0 spiro atoms. The first-order chi connectivity index (χ1) is 10.5. The molecule has 8 nitrogen and oxygen atoms in total. The quantitative estimate of drug-likeness (QED) is 0.572. The first kappa shape index (κ1) is 16.8. The summed E-state index contributed by atoms with van der Waals surface area (Å²) in [5.74, 6) is -0.266. The van der Waals surface area contributed by atoms with Crippen LogP contribution in [-0.2, 0) is 20.5 Å². The van der Waals surface area contributed by atoms with Gasteiger partial charge >= 0.3 is 0 Å². The number of nitrogens with one attached hydrogen (secondary N) is 1. The van der Waals surface area contributed by atoms with Crippen LogP contribution in [-0.4, -0.2) is 57.6 Å². The number of hydrogen-bond acceptors (Lipinski definition) is 6. The molecule has 0 radical (unpaired) electrons. The summed E-state index contributed by atoms with van der Waals surface area (Å²) in [7, 11) is -3.51. The van der Waals surface area contributed by atoms with Crippen molar-refractivity contribution in [3.63, 3.8) is 0 Å². The van der Waals surface area contributed by atoms with Crippen molar-refractivity contribution in [2.24, 2.45) is 0 Å². The first-order valence-electron chi connectivity index (χ1n) is 6.97. The van der Waals surface area contributed by atoms with Gasteiger partial charge < -0.3 is 4.74 Å². The highest BCUT2D eigenvalue weighted by atomic mass is 32.2. The number of nitrogens with zero attached hydrogens (tertiary/aromatic N) is 2. The van der Waals surface area contributed by atoms with Crippen molar-refractivity contribution < 1.29 is 18.1 Å². The molecule has 1 N–H and O–H groups in total. The Hall–Kier alpha value is -1.55. The Morgan fingerprint density at radius 2 is 2.05 bits per heavy atom. The van der Waals surface area contributed by atoms with Crippen LogP contribution in [0.5, 0.6) is 0 Å². The monoisotopic (exact) mass is 329 g/mol. The molecule has 0 bridgehead atoms. The van der Waals surface area contributed by atoms with Crippen molar-refractivity contribution in [1.29, 1.82) is 0 Å². The number of nitro benzene ring substituents is 1. The maximum Gasteiger partial charge on any atom is 0.269 e. The second-order valence-electron chi connectivity index (χ2n) is 5.03. The SMILES string of the molecule is O=[N+]([O-])c1cccc(CS(=O)(=O)NCCN2CCOCC2)c1. The fourth-order valence-electron chi connectivity index (χ4n) is 2.21. The predicted molar refractivity (Wildman–Crippen MR) is 81.0 cm³/mol. The van der Waals surface area contributed by atoms with Crippen LogP contribution in [0.3, 0.4) is 0 Å². The van der Waals surface area contributed by atoms with Crippen LogP contribution in [0.4, 0.5) is 5.69 Å². The minimum atomic E-state index is -3.51. The summed E-state index contributed by atoms with van der Waals surface area (Å²) in [6, 6.07) is 5.66. The van der Waals surface area contributed by atoms with Gasteiger partial charge in [0.15, 0.2) is 0 Å². The molecular weight excluding hydrogens is 310 g/mol. The summed E-state index contributed by atoms with van der Waals surface area (Å²) in [6.07, 6.45) is 0. The van der Waals surface area contributed by atoms with Gasteiger partial charge in [-0.25, -0.2) is 13.1 Å². The molecule has 0 amide bonds. The average molecular weight is 329 g/mol. The van der Waals surface area contributed by atoms with E-state index in [9.17, 15) is 18.5 Å². The molecule has 22 heavy (non-hydrogen) atoms. The average Bonchev–Trinajstić information content (AvgIpc) is 2.48. The van der Waals surface area contributed by atoms with Crippen molar-refractivity contribution in [2.75, 3.05) is 39.4 Å². The molecule has 0 unspecified atom stereocenters. The largest absolute Gasteiger partial charge is 0.379 e. The van der Waals surface area contributed by atoms with Crippen LogP contribution in [0.25, 0.3) is 0 Å². The van der Waals surface area contributed by atoms with Crippen LogP contribution in [0.2, 0.25) is 0 Å². The fourth-order valence-corrected chi connectivity index (χ4v) is 3.34.